The van der Waals surface area contributed by atoms with Crippen LogP contribution in [0.25, 0.3) is 10.9 Å². The zero-order chi connectivity index (χ0) is 12.4. The number of carbonyl (C=O) groups excluding carboxylic acids is 1. The second-order valence-electron chi connectivity index (χ2n) is 3.94. The minimum atomic E-state index is -0.0555. The van der Waals surface area contributed by atoms with Crippen molar-refractivity contribution >= 4 is 16.7 Å². The number of H-pyrrole nitrogens is 1. The van der Waals surface area contributed by atoms with Gasteiger partial charge in [0.1, 0.15) is 5.69 Å². The molecule has 5 heteroatoms. The molecule has 1 aromatic carbocycles. The fourth-order valence-corrected chi connectivity index (χ4v) is 1.91. The number of aromatic amines is 1. The Bertz CT molecular complexity index is 686. The van der Waals surface area contributed by atoms with Gasteiger partial charge < -0.3 is 0 Å². The number of benzene rings is 1. The predicted octanol–water partition coefficient (Wildman–Crippen LogP) is 1.78. The van der Waals surface area contributed by atoms with E-state index in [0.717, 1.165) is 16.5 Å². The number of nitrogens with zero attached hydrogens (tertiary/aromatic N) is 3. The first kappa shape index (κ1) is 10.6. The molecular formula is C13H10N4O. The number of rotatable bonds is 3. The maximum absolute atomic E-state index is 12.0. The van der Waals surface area contributed by atoms with Crippen LogP contribution in [0.4, 0.5) is 0 Å². The molecule has 0 atom stereocenters. The molecule has 0 unspecified atom stereocenters. The van der Waals surface area contributed by atoms with E-state index in [9.17, 15) is 4.79 Å². The molecule has 0 aliphatic heterocycles. The van der Waals surface area contributed by atoms with E-state index in [1.165, 1.54) is 6.20 Å². The smallest absolute Gasteiger partial charge is 0.189 e. The molecule has 0 saturated carbocycles. The molecule has 88 valence electrons. The van der Waals surface area contributed by atoms with E-state index in [1.54, 1.807) is 6.20 Å². The molecule has 5 nitrogen and oxygen atoms in total. The van der Waals surface area contributed by atoms with Crippen LogP contribution in [0, 0.1) is 0 Å². The second kappa shape index (κ2) is 4.37. The van der Waals surface area contributed by atoms with Crippen LogP contribution in [0.3, 0.4) is 0 Å². The van der Waals surface area contributed by atoms with Crippen molar-refractivity contribution in [1.82, 2.24) is 20.4 Å². The summed E-state index contributed by atoms with van der Waals surface area (Å²) in [5.74, 6) is -0.0555. The average molecular weight is 238 g/mol. The number of carbonyl (C=O) groups is 1. The third-order valence-electron chi connectivity index (χ3n) is 2.79. The van der Waals surface area contributed by atoms with Crippen molar-refractivity contribution in [1.29, 1.82) is 0 Å². The van der Waals surface area contributed by atoms with E-state index in [2.05, 4.69) is 20.4 Å². The van der Waals surface area contributed by atoms with Crippen molar-refractivity contribution in [2.24, 2.45) is 0 Å². The zero-order valence-electron chi connectivity index (χ0n) is 9.50. The van der Waals surface area contributed by atoms with Crippen LogP contribution in [0.2, 0.25) is 0 Å². The summed E-state index contributed by atoms with van der Waals surface area (Å²) in [5, 5.41) is 10.9. The first-order valence-electron chi connectivity index (χ1n) is 5.56. The maximum atomic E-state index is 12.0. The van der Waals surface area contributed by atoms with Crippen LogP contribution in [0.1, 0.15) is 16.1 Å². The molecule has 0 radical (unpaired) electrons. The van der Waals surface area contributed by atoms with Crippen LogP contribution in [0.5, 0.6) is 0 Å². The lowest BCUT2D eigenvalue weighted by atomic mass is 10.0. The lowest BCUT2D eigenvalue weighted by Gasteiger charge is -2.03. The highest BCUT2D eigenvalue weighted by Crippen LogP contribution is 2.17. The van der Waals surface area contributed by atoms with Crippen molar-refractivity contribution in [3.05, 3.63) is 54.0 Å². The van der Waals surface area contributed by atoms with Gasteiger partial charge in [-0.25, -0.2) is 0 Å². The normalized spacial score (nSPS) is 10.7. The molecule has 18 heavy (non-hydrogen) atoms. The van der Waals surface area contributed by atoms with Crippen LogP contribution in [-0.4, -0.2) is 26.2 Å². The summed E-state index contributed by atoms with van der Waals surface area (Å²) in [7, 11) is 0. The lowest BCUT2D eigenvalue weighted by Crippen LogP contribution is -2.04. The third kappa shape index (κ3) is 1.86. The first-order chi connectivity index (χ1) is 8.84. The highest BCUT2D eigenvalue weighted by Gasteiger charge is 2.11. The average Bonchev–Trinajstić information content (AvgIpc) is 2.93. The number of aromatic nitrogens is 4. The number of hydrogen-bond donors (Lipinski definition) is 1. The minimum Gasteiger partial charge on any atom is -0.292 e. The molecule has 1 N–H and O–H groups in total. The monoisotopic (exact) mass is 238 g/mol. The Labute approximate surface area is 103 Å². The van der Waals surface area contributed by atoms with Gasteiger partial charge in [-0.3, -0.25) is 9.78 Å². The summed E-state index contributed by atoms with van der Waals surface area (Å²) in [4.78, 5) is 16.2. The number of hydrogen-bond acceptors (Lipinski definition) is 4. The highest BCUT2D eigenvalue weighted by molar-refractivity contribution is 5.97. The summed E-state index contributed by atoms with van der Waals surface area (Å²) in [5.41, 5.74) is 2.20. The summed E-state index contributed by atoms with van der Waals surface area (Å²) < 4.78 is 0. The lowest BCUT2D eigenvalue weighted by molar-refractivity contribution is 0.0988. The Hall–Kier alpha value is -2.56. The molecule has 3 rings (SSSR count). The Morgan fingerprint density at radius 3 is 2.94 bits per heavy atom. The topological polar surface area (TPSA) is 71.5 Å². The summed E-state index contributed by atoms with van der Waals surface area (Å²) in [6.07, 6.45) is 3.45. The molecule has 3 aromatic rings. The number of nitrogens with one attached hydrogen (secondary N) is 1. The molecular weight excluding hydrogens is 228 g/mol. The number of fused-ring (bicyclic) bond motifs is 1. The maximum Gasteiger partial charge on any atom is 0.189 e. The van der Waals surface area contributed by atoms with Gasteiger partial charge in [-0.15, -0.1) is 0 Å². The molecule has 0 fully saturated rings. The van der Waals surface area contributed by atoms with Crippen molar-refractivity contribution in [2.75, 3.05) is 0 Å². The van der Waals surface area contributed by atoms with Gasteiger partial charge in [-0.2, -0.15) is 15.4 Å². The van der Waals surface area contributed by atoms with Gasteiger partial charge in [0.15, 0.2) is 5.78 Å². The Morgan fingerprint density at radius 2 is 2.11 bits per heavy atom. The SMILES string of the molecule is O=C(Cc1ccnc2ccccc12)c1cn[nH]n1. The first-order valence-corrected chi connectivity index (χ1v) is 5.56. The summed E-state index contributed by atoms with van der Waals surface area (Å²) in [6.45, 7) is 0. The highest BCUT2D eigenvalue weighted by atomic mass is 16.1. The van der Waals surface area contributed by atoms with Crippen molar-refractivity contribution in [2.45, 2.75) is 6.42 Å². The molecule has 0 spiro atoms. The third-order valence-corrected chi connectivity index (χ3v) is 2.79. The molecule has 0 aliphatic carbocycles. The quantitative estimate of drug-likeness (QED) is 0.706. The molecule has 2 aromatic heterocycles. The van der Waals surface area contributed by atoms with Crippen molar-refractivity contribution in [3.8, 4) is 0 Å². The number of pyridine rings is 1. The van der Waals surface area contributed by atoms with Crippen LogP contribution in [-0.2, 0) is 6.42 Å². The summed E-state index contributed by atoms with van der Waals surface area (Å²) in [6, 6.07) is 9.63. The second-order valence-corrected chi connectivity index (χ2v) is 3.94. The van der Waals surface area contributed by atoms with Crippen LogP contribution in [0.15, 0.2) is 42.7 Å². The number of ketones is 1. The fourth-order valence-electron chi connectivity index (χ4n) is 1.91. The van der Waals surface area contributed by atoms with Gasteiger partial charge in [-0.05, 0) is 17.7 Å². The number of para-hydroxylation sites is 1. The Balaban J connectivity index is 1.98. The Kier molecular flexibility index (Phi) is 2.57. The molecule has 2 heterocycles. The van der Waals surface area contributed by atoms with Gasteiger partial charge in [0.25, 0.3) is 0 Å². The van der Waals surface area contributed by atoms with Crippen LogP contribution >= 0.6 is 0 Å². The van der Waals surface area contributed by atoms with E-state index in [1.807, 2.05) is 30.3 Å². The van der Waals surface area contributed by atoms with Gasteiger partial charge in [0, 0.05) is 18.0 Å². The van der Waals surface area contributed by atoms with E-state index < -0.39 is 0 Å². The predicted molar refractivity (Wildman–Crippen MR) is 66.2 cm³/mol. The van der Waals surface area contributed by atoms with E-state index in [4.69, 9.17) is 0 Å². The molecule has 0 bridgehead atoms. The largest absolute Gasteiger partial charge is 0.292 e. The minimum absolute atomic E-state index is 0.0555. The van der Waals surface area contributed by atoms with Crippen molar-refractivity contribution in [3.63, 3.8) is 0 Å². The zero-order valence-corrected chi connectivity index (χ0v) is 9.50. The van der Waals surface area contributed by atoms with Gasteiger partial charge in [-0.1, -0.05) is 18.2 Å². The molecule has 0 amide bonds. The van der Waals surface area contributed by atoms with Crippen molar-refractivity contribution < 1.29 is 4.79 Å². The standard InChI is InChI=1S/C13H10N4O/c18-13(12-8-15-17-16-12)7-9-5-6-14-11-4-2-1-3-10(9)11/h1-6,8H,7H2,(H,15,16,17). The summed E-state index contributed by atoms with van der Waals surface area (Å²) >= 11 is 0. The number of Topliss-reactive ketones (excluding diaryl/α,β-unsaturated/α-hetero) is 1. The molecule has 0 saturated heterocycles. The fraction of sp³-hybridized carbons (Fsp3) is 0.0769. The van der Waals surface area contributed by atoms with Crippen LogP contribution < -0.4 is 0 Å². The van der Waals surface area contributed by atoms with E-state index in [0.29, 0.717) is 12.1 Å². The molecule has 0 aliphatic rings. The van der Waals surface area contributed by atoms with Gasteiger partial charge >= 0.3 is 0 Å². The van der Waals surface area contributed by atoms with E-state index >= 15 is 0 Å². The van der Waals surface area contributed by atoms with Gasteiger partial charge in [0.2, 0.25) is 0 Å². The Morgan fingerprint density at radius 1 is 1.22 bits per heavy atom. The van der Waals surface area contributed by atoms with E-state index in [-0.39, 0.29) is 5.78 Å². The van der Waals surface area contributed by atoms with Gasteiger partial charge in [0.05, 0.1) is 11.7 Å².